The second-order valence-electron chi connectivity index (χ2n) is 6.32. The van der Waals surface area contributed by atoms with E-state index >= 15 is 0 Å². The maximum Gasteiger partial charge on any atom is 0.186 e. The summed E-state index contributed by atoms with van der Waals surface area (Å²) >= 11 is 1.85. The molecule has 5 heteroatoms. The second-order valence-corrected chi connectivity index (χ2v) is 7.38. The molecule has 0 aromatic carbocycles. The molecule has 1 saturated heterocycles. The fourth-order valence-electron chi connectivity index (χ4n) is 3.34. The highest BCUT2D eigenvalue weighted by atomic mass is 32.1. The molecule has 1 saturated carbocycles. The normalized spacial score (nSPS) is 25.1. The summed E-state index contributed by atoms with van der Waals surface area (Å²) in [4.78, 5) is 8.73. The summed E-state index contributed by atoms with van der Waals surface area (Å²) in [5.41, 5.74) is 1.11. The Morgan fingerprint density at radius 3 is 2.90 bits per heavy atom. The van der Waals surface area contributed by atoms with Gasteiger partial charge in [-0.05, 0) is 25.2 Å². The molecule has 2 fully saturated rings. The SMILES string of the molecule is COCc1nc(N2CC3CCC2C3)sc1CNC(C)C. The van der Waals surface area contributed by atoms with E-state index in [1.54, 1.807) is 7.11 Å². The van der Waals surface area contributed by atoms with Gasteiger partial charge in [-0.2, -0.15) is 0 Å². The van der Waals surface area contributed by atoms with Crippen LogP contribution in [0.4, 0.5) is 5.13 Å². The van der Waals surface area contributed by atoms with Crippen LogP contribution in [0.1, 0.15) is 43.7 Å². The van der Waals surface area contributed by atoms with Gasteiger partial charge >= 0.3 is 0 Å². The number of hydrogen-bond acceptors (Lipinski definition) is 5. The van der Waals surface area contributed by atoms with E-state index in [4.69, 9.17) is 9.72 Å². The Bertz CT molecular complexity index is 460. The van der Waals surface area contributed by atoms with Crippen molar-refractivity contribution in [3.8, 4) is 0 Å². The first-order valence-corrected chi connectivity index (χ1v) is 8.46. The number of hydrogen-bond donors (Lipinski definition) is 1. The molecule has 1 aliphatic carbocycles. The van der Waals surface area contributed by atoms with E-state index in [0.717, 1.165) is 24.2 Å². The monoisotopic (exact) mass is 295 g/mol. The van der Waals surface area contributed by atoms with Crippen molar-refractivity contribution in [1.82, 2.24) is 10.3 Å². The lowest BCUT2D eigenvalue weighted by Crippen LogP contribution is -2.31. The Labute approximate surface area is 125 Å². The Kier molecular flexibility index (Phi) is 4.29. The molecule has 3 rings (SSSR count). The maximum absolute atomic E-state index is 5.31. The van der Waals surface area contributed by atoms with Crippen LogP contribution >= 0.6 is 11.3 Å². The van der Waals surface area contributed by atoms with Gasteiger partial charge in [0, 0.05) is 37.2 Å². The van der Waals surface area contributed by atoms with Gasteiger partial charge < -0.3 is 15.0 Å². The standard InChI is InChI=1S/C15H25N3OS/c1-10(2)16-7-14-13(9-19-3)17-15(20-14)18-8-11-4-5-12(18)6-11/h10-12,16H,4-9H2,1-3H3. The molecule has 2 atom stereocenters. The minimum atomic E-state index is 0.499. The van der Waals surface area contributed by atoms with Crippen LogP contribution in [-0.4, -0.2) is 30.7 Å². The number of nitrogens with zero attached hydrogens (tertiary/aromatic N) is 2. The summed E-state index contributed by atoms with van der Waals surface area (Å²) in [5.74, 6) is 0.909. The number of rotatable bonds is 6. The first-order valence-electron chi connectivity index (χ1n) is 7.65. The number of methoxy groups -OCH3 is 1. The van der Waals surface area contributed by atoms with E-state index in [9.17, 15) is 0 Å². The Hall–Kier alpha value is -0.650. The van der Waals surface area contributed by atoms with Crippen molar-refractivity contribution in [3.63, 3.8) is 0 Å². The molecule has 112 valence electrons. The van der Waals surface area contributed by atoms with Crippen LogP contribution in [-0.2, 0) is 17.9 Å². The predicted octanol–water partition coefficient (Wildman–Crippen LogP) is 2.78. The second kappa shape index (κ2) is 6.00. The minimum absolute atomic E-state index is 0.499. The van der Waals surface area contributed by atoms with E-state index in [1.807, 2.05) is 11.3 Å². The van der Waals surface area contributed by atoms with Crippen molar-refractivity contribution in [3.05, 3.63) is 10.6 Å². The fourth-order valence-corrected chi connectivity index (χ4v) is 4.43. The summed E-state index contributed by atoms with van der Waals surface area (Å²) in [6, 6.07) is 1.24. The summed E-state index contributed by atoms with van der Waals surface area (Å²) in [6.45, 7) is 7.08. The summed E-state index contributed by atoms with van der Waals surface area (Å²) < 4.78 is 5.31. The zero-order chi connectivity index (χ0) is 14.1. The molecular formula is C15H25N3OS. The molecular weight excluding hydrogens is 270 g/mol. The van der Waals surface area contributed by atoms with Gasteiger partial charge in [0.2, 0.25) is 0 Å². The van der Waals surface area contributed by atoms with Gasteiger partial charge in [-0.1, -0.05) is 13.8 Å². The average molecular weight is 295 g/mol. The Morgan fingerprint density at radius 1 is 1.45 bits per heavy atom. The van der Waals surface area contributed by atoms with Crippen LogP contribution < -0.4 is 10.2 Å². The van der Waals surface area contributed by atoms with Crippen LogP contribution in [0.15, 0.2) is 0 Å². The molecule has 0 amide bonds. The summed E-state index contributed by atoms with van der Waals surface area (Å²) in [5, 5.41) is 4.71. The summed E-state index contributed by atoms with van der Waals surface area (Å²) in [6.07, 6.45) is 4.14. The van der Waals surface area contributed by atoms with Crippen molar-refractivity contribution < 1.29 is 4.74 Å². The average Bonchev–Trinajstić information content (AvgIpc) is 3.11. The van der Waals surface area contributed by atoms with E-state index in [1.165, 1.54) is 35.8 Å². The van der Waals surface area contributed by atoms with Crippen LogP contribution in [0.25, 0.3) is 0 Å². The summed E-state index contributed by atoms with van der Waals surface area (Å²) in [7, 11) is 1.75. The molecule has 20 heavy (non-hydrogen) atoms. The van der Waals surface area contributed by atoms with E-state index in [0.29, 0.717) is 12.6 Å². The lowest BCUT2D eigenvalue weighted by atomic mass is 10.1. The number of aromatic nitrogens is 1. The molecule has 2 bridgehead atoms. The van der Waals surface area contributed by atoms with Crippen molar-refractivity contribution in [2.45, 2.75) is 58.3 Å². The van der Waals surface area contributed by atoms with Gasteiger partial charge in [-0.15, -0.1) is 11.3 Å². The molecule has 2 unspecified atom stereocenters. The number of thiazole rings is 1. The van der Waals surface area contributed by atoms with Crippen molar-refractivity contribution in [1.29, 1.82) is 0 Å². The topological polar surface area (TPSA) is 37.4 Å². The highest BCUT2D eigenvalue weighted by molar-refractivity contribution is 7.15. The van der Waals surface area contributed by atoms with Crippen LogP contribution in [0.5, 0.6) is 0 Å². The fraction of sp³-hybridized carbons (Fsp3) is 0.800. The van der Waals surface area contributed by atoms with Crippen LogP contribution in [0.2, 0.25) is 0 Å². The van der Waals surface area contributed by atoms with Crippen LogP contribution in [0, 0.1) is 5.92 Å². The number of anilines is 1. The molecule has 4 nitrogen and oxygen atoms in total. The lowest BCUT2D eigenvalue weighted by molar-refractivity contribution is 0.181. The third kappa shape index (κ3) is 2.85. The number of fused-ring (bicyclic) bond motifs is 2. The molecule has 0 spiro atoms. The lowest BCUT2D eigenvalue weighted by Gasteiger charge is -2.26. The third-order valence-corrected chi connectivity index (χ3v) is 5.51. The molecule has 1 N–H and O–H groups in total. The van der Waals surface area contributed by atoms with Gasteiger partial charge in [-0.3, -0.25) is 0 Å². The van der Waals surface area contributed by atoms with Crippen LogP contribution in [0.3, 0.4) is 0 Å². The van der Waals surface area contributed by atoms with Gasteiger partial charge in [0.15, 0.2) is 5.13 Å². The van der Waals surface area contributed by atoms with E-state index < -0.39 is 0 Å². The van der Waals surface area contributed by atoms with Gasteiger partial charge in [-0.25, -0.2) is 4.98 Å². The number of piperidine rings is 1. The minimum Gasteiger partial charge on any atom is -0.378 e. The smallest absolute Gasteiger partial charge is 0.186 e. The molecule has 1 aromatic heterocycles. The molecule has 1 aromatic rings. The highest BCUT2D eigenvalue weighted by Crippen LogP contribution is 2.42. The van der Waals surface area contributed by atoms with Gasteiger partial charge in [0.25, 0.3) is 0 Å². The number of ether oxygens (including phenoxy) is 1. The number of nitrogens with one attached hydrogen (secondary N) is 1. The van der Waals surface area contributed by atoms with Gasteiger partial charge in [0.1, 0.15) is 0 Å². The van der Waals surface area contributed by atoms with E-state index in [2.05, 4.69) is 24.1 Å². The molecule has 2 heterocycles. The first kappa shape index (κ1) is 14.3. The predicted molar refractivity (Wildman–Crippen MR) is 83.3 cm³/mol. The van der Waals surface area contributed by atoms with Gasteiger partial charge in [0.05, 0.1) is 12.3 Å². The van der Waals surface area contributed by atoms with Crippen molar-refractivity contribution >= 4 is 16.5 Å². The maximum atomic E-state index is 5.31. The molecule has 0 radical (unpaired) electrons. The largest absolute Gasteiger partial charge is 0.378 e. The van der Waals surface area contributed by atoms with Crippen molar-refractivity contribution in [2.24, 2.45) is 5.92 Å². The quantitative estimate of drug-likeness (QED) is 0.875. The Balaban J connectivity index is 1.76. The highest BCUT2D eigenvalue weighted by Gasteiger charge is 2.39. The zero-order valence-corrected chi connectivity index (χ0v) is 13.5. The third-order valence-electron chi connectivity index (χ3n) is 4.37. The van der Waals surface area contributed by atoms with Crippen molar-refractivity contribution in [2.75, 3.05) is 18.6 Å². The van der Waals surface area contributed by atoms with E-state index in [-0.39, 0.29) is 0 Å². The first-order chi connectivity index (χ1) is 9.67. The molecule has 1 aliphatic heterocycles. The molecule has 2 aliphatic rings. The Morgan fingerprint density at radius 2 is 2.30 bits per heavy atom. The zero-order valence-electron chi connectivity index (χ0n) is 12.7.